The van der Waals surface area contributed by atoms with E-state index in [1.807, 2.05) is 0 Å². The van der Waals surface area contributed by atoms with Gasteiger partial charge in [0.1, 0.15) is 5.92 Å². The molecule has 0 saturated carbocycles. The van der Waals surface area contributed by atoms with Crippen LogP contribution in [0.4, 0.5) is 11.4 Å². The molecule has 2 heterocycles. The third-order valence-corrected chi connectivity index (χ3v) is 15.9. The number of Topliss-reactive ketones (excluding diaryl/α,β-unsaturated/α-hetero) is 4. The predicted octanol–water partition coefficient (Wildman–Crippen LogP) is 13.8. The van der Waals surface area contributed by atoms with Crippen LogP contribution in [0.15, 0.2) is 55.1 Å². The summed E-state index contributed by atoms with van der Waals surface area (Å²) in [5.74, 6) is -7.33. The molecule has 0 unspecified atom stereocenters. The van der Waals surface area contributed by atoms with Crippen LogP contribution >= 0.6 is 92.8 Å². The average Bonchev–Trinajstić information content (AvgIpc) is 3.79. The molecule has 0 fully saturated rings. The number of benzene rings is 4. The maximum absolute atomic E-state index is 14.5. The van der Waals surface area contributed by atoms with Crippen molar-refractivity contribution in [2.45, 2.75) is 64.7 Å². The van der Waals surface area contributed by atoms with Gasteiger partial charge in [-0.2, -0.15) is 0 Å². The van der Waals surface area contributed by atoms with Crippen LogP contribution in [0.1, 0.15) is 143 Å². The van der Waals surface area contributed by atoms with Gasteiger partial charge in [-0.15, -0.1) is 0 Å². The van der Waals surface area contributed by atoms with E-state index in [0.717, 1.165) is 38.6 Å². The van der Waals surface area contributed by atoms with Crippen molar-refractivity contribution in [3.05, 3.63) is 140 Å². The first kappa shape index (κ1) is 54.8. The van der Waals surface area contributed by atoms with Gasteiger partial charge in [0, 0.05) is 46.7 Å². The number of carbonyl (C=O) groups is 8. The highest BCUT2D eigenvalue weighted by atomic mass is 35.5. The SMILES string of the molecule is C=CC(=O)OCCCCC(=O)c1cc(NC(=O)c2cc(N3C(=O)c4c(Cl)c(Cl)c(Cl)c(Cl)c4C3=O)c3nc(C4C(=O)c5c(Cl)c(Cl)c(Cl)c(Cl)c5C4=O)ccc3c2)cc(C(=O)CCCCCN(CC)CC)c1. The highest BCUT2D eigenvalue weighted by molar-refractivity contribution is 6.57. The van der Waals surface area contributed by atoms with Crippen LogP contribution in [-0.2, 0) is 9.53 Å². The Morgan fingerprint density at radius 1 is 0.653 bits per heavy atom. The van der Waals surface area contributed by atoms with Gasteiger partial charge in [-0.05, 0) is 81.7 Å². The number of amides is 3. The number of aromatic nitrogens is 1. The van der Waals surface area contributed by atoms with E-state index in [4.69, 9.17) is 97.5 Å². The van der Waals surface area contributed by atoms with E-state index in [9.17, 15) is 38.4 Å². The number of rotatable bonds is 20. The number of nitrogens with zero attached hydrogens (tertiary/aromatic N) is 3. The Labute approximate surface area is 452 Å². The summed E-state index contributed by atoms with van der Waals surface area (Å²) in [5.41, 5.74) is -1.73. The molecule has 72 heavy (non-hydrogen) atoms. The van der Waals surface area contributed by atoms with Crippen molar-refractivity contribution in [3.8, 4) is 0 Å². The zero-order valence-corrected chi connectivity index (χ0v) is 44.3. The summed E-state index contributed by atoms with van der Waals surface area (Å²) in [6.07, 6.45) is 4.24. The van der Waals surface area contributed by atoms with Crippen LogP contribution < -0.4 is 10.2 Å². The molecule has 4 aromatic carbocycles. The molecule has 0 spiro atoms. The van der Waals surface area contributed by atoms with E-state index in [1.165, 1.54) is 42.5 Å². The van der Waals surface area contributed by atoms with Gasteiger partial charge >= 0.3 is 5.97 Å². The maximum Gasteiger partial charge on any atom is 0.330 e. The summed E-state index contributed by atoms with van der Waals surface area (Å²) in [4.78, 5) is 118. The smallest absolute Gasteiger partial charge is 0.330 e. The first-order chi connectivity index (χ1) is 34.2. The monoisotopic (exact) mass is 1130 g/mol. The van der Waals surface area contributed by atoms with Crippen molar-refractivity contribution >= 4 is 162 Å². The Morgan fingerprint density at radius 2 is 1.17 bits per heavy atom. The van der Waals surface area contributed by atoms with Gasteiger partial charge in [0.2, 0.25) is 0 Å². The van der Waals surface area contributed by atoms with E-state index < -0.39 is 52.3 Å². The number of ketones is 4. The lowest BCUT2D eigenvalue weighted by Gasteiger charge is -2.19. The number of carbonyl (C=O) groups excluding carboxylic acids is 8. The maximum atomic E-state index is 14.5. The predicted molar refractivity (Wildman–Crippen MR) is 282 cm³/mol. The van der Waals surface area contributed by atoms with Gasteiger partial charge in [0.25, 0.3) is 17.7 Å². The van der Waals surface area contributed by atoms with Gasteiger partial charge in [0.05, 0.1) is 85.9 Å². The molecule has 13 nitrogen and oxygen atoms in total. The largest absolute Gasteiger partial charge is 0.463 e. The molecule has 374 valence electrons. The van der Waals surface area contributed by atoms with Crippen molar-refractivity contribution in [3.63, 3.8) is 0 Å². The van der Waals surface area contributed by atoms with Crippen LogP contribution in [0.2, 0.25) is 40.2 Å². The number of unbranched alkanes of at least 4 members (excludes halogenated alkanes) is 3. The van der Waals surface area contributed by atoms with E-state index in [0.29, 0.717) is 24.2 Å². The highest BCUT2D eigenvalue weighted by Gasteiger charge is 2.47. The van der Waals surface area contributed by atoms with Crippen molar-refractivity contribution in [2.24, 2.45) is 0 Å². The Hall–Kier alpha value is -4.93. The second-order valence-electron chi connectivity index (χ2n) is 16.7. The minimum absolute atomic E-state index is 0.0293. The van der Waals surface area contributed by atoms with Crippen molar-refractivity contribution < 1.29 is 43.1 Å². The molecule has 2 aliphatic rings. The molecule has 1 N–H and O–H groups in total. The molecule has 0 radical (unpaired) electrons. The highest BCUT2D eigenvalue weighted by Crippen LogP contribution is 2.49. The molecule has 0 saturated heterocycles. The van der Waals surface area contributed by atoms with Crippen molar-refractivity contribution in [2.75, 3.05) is 36.5 Å². The summed E-state index contributed by atoms with van der Waals surface area (Å²) in [5, 5.41) is 0.435. The number of nitrogens with one attached hydrogen (secondary N) is 1. The number of imide groups is 1. The van der Waals surface area contributed by atoms with E-state index in [-0.39, 0.29) is 127 Å². The fourth-order valence-electron chi connectivity index (χ4n) is 8.50. The van der Waals surface area contributed by atoms with Crippen LogP contribution in [-0.4, -0.2) is 82.9 Å². The van der Waals surface area contributed by atoms with Crippen molar-refractivity contribution in [1.29, 1.82) is 0 Å². The lowest BCUT2D eigenvalue weighted by molar-refractivity contribution is -0.137. The molecule has 5 aromatic rings. The number of hydrogen-bond donors (Lipinski definition) is 1. The topological polar surface area (TPSA) is 177 Å². The molecular formula is C51H40Cl8N4O9. The van der Waals surface area contributed by atoms with Gasteiger partial charge in [0.15, 0.2) is 23.1 Å². The standard InChI is InChI=1S/C51H40Cl8N4O9/c1-4-32(66)72-17-11-9-13-31(65)25-19-24(30(64)12-8-7-10-16-62(5-2)6-3)20-27(21-25)60-49(69)26-18-23-14-15-28(33-47(67)34-35(48(33)68)39(53)43(57)42(56)38(34)52)61-46(23)29(22-26)63-50(70)36-37(51(63)71)41(55)45(59)44(58)40(36)54/h4,14-15,18-22,33H,1,5-13,16-17H2,2-3H3,(H,60,69). The number of fused-ring (bicyclic) bond motifs is 3. The third-order valence-electron chi connectivity index (χ3n) is 12.3. The van der Waals surface area contributed by atoms with E-state index in [1.54, 1.807) is 0 Å². The Morgan fingerprint density at radius 3 is 1.68 bits per heavy atom. The lowest BCUT2D eigenvalue weighted by atomic mass is 9.97. The number of halogens is 8. The zero-order chi connectivity index (χ0) is 52.5. The van der Waals surface area contributed by atoms with Crippen LogP contribution in [0, 0.1) is 0 Å². The number of ether oxygens (including phenoxy) is 1. The van der Waals surface area contributed by atoms with Crippen LogP contribution in [0.5, 0.6) is 0 Å². The number of pyridine rings is 1. The summed E-state index contributed by atoms with van der Waals surface area (Å²) in [7, 11) is 0. The van der Waals surface area contributed by atoms with Crippen LogP contribution in [0.25, 0.3) is 10.9 Å². The number of hydrogen-bond acceptors (Lipinski definition) is 11. The van der Waals surface area contributed by atoms with Gasteiger partial charge in [-0.1, -0.05) is 126 Å². The van der Waals surface area contributed by atoms with Crippen LogP contribution in [0.3, 0.4) is 0 Å². The zero-order valence-electron chi connectivity index (χ0n) is 38.2. The number of esters is 1. The number of anilines is 2. The molecule has 3 amide bonds. The van der Waals surface area contributed by atoms with E-state index in [2.05, 4.69) is 35.6 Å². The first-order valence-corrected chi connectivity index (χ1v) is 25.5. The molecule has 0 bridgehead atoms. The lowest BCUT2D eigenvalue weighted by Crippen LogP contribution is -2.30. The van der Waals surface area contributed by atoms with Gasteiger partial charge in [-0.3, -0.25) is 33.6 Å². The quantitative estimate of drug-likeness (QED) is 0.0115. The summed E-state index contributed by atoms with van der Waals surface area (Å²) in [6.45, 7) is 10.3. The fraction of sp³-hybridized carbons (Fsp3) is 0.275. The second-order valence-corrected chi connectivity index (χ2v) is 19.7. The molecule has 1 aliphatic carbocycles. The molecule has 1 aliphatic heterocycles. The van der Waals surface area contributed by atoms with Gasteiger partial charge < -0.3 is 15.0 Å². The molecule has 0 atom stereocenters. The minimum Gasteiger partial charge on any atom is -0.463 e. The second kappa shape index (κ2) is 23.1. The first-order valence-electron chi connectivity index (χ1n) is 22.4. The Bertz CT molecular complexity index is 3100. The van der Waals surface area contributed by atoms with Crippen molar-refractivity contribution in [1.82, 2.24) is 9.88 Å². The molecule has 7 rings (SSSR count). The minimum atomic E-state index is -1.64. The van der Waals surface area contributed by atoms with Gasteiger partial charge in [-0.25, -0.2) is 14.7 Å². The fourth-order valence-corrected chi connectivity index (χ4v) is 10.6. The average molecular weight is 1140 g/mol. The normalized spacial score (nSPS) is 13.3. The van der Waals surface area contributed by atoms with E-state index >= 15 is 0 Å². The molecule has 1 aromatic heterocycles. The third kappa shape index (κ3) is 10.7. The summed E-state index contributed by atoms with van der Waals surface area (Å²) in [6, 6.07) is 9.63. The Kier molecular flexibility index (Phi) is 17.6. The molecular weight excluding hydrogens is 1100 g/mol. The summed E-state index contributed by atoms with van der Waals surface area (Å²) >= 11 is 51.0. The molecule has 21 heteroatoms. The Balaban J connectivity index is 1.28. The summed E-state index contributed by atoms with van der Waals surface area (Å²) < 4.78 is 5.02.